The molecule has 28 heavy (non-hydrogen) atoms. The van der Waals surface area contributed by atoms with Gasteiger partial charge in [0.25, 0.3) is 0 Å². The fourth-order valence-electron chi connectivity index (χ4n) is 2.32. The van der Waals surface area contributed by atoms with Gasteiger partial charge in [0.2, 0.25) is 0 Å². The monoisotopic (exact) mass is 372 g/mol. The Bertz CT molecular complexity index is 914. The summed E-state index contributed by atoms with van der Waals surface area (Å²) in [5.74, 6) is 2.62. The van der Waals surface area contributed by atoms with E-state index >= 15 is 0 Å². The van der Waals surface area contributed by atoms with Gasteiger partial charge in [0, 0.05) is 5.56 Å². The van der Waals surface area contributed by atoms with Crippen molar-refractivity contribution in [3.63, 3.8) is 0 Å². The lowest BCUT2D eigenvalue weighted by molar-refractivity contribution is 0.103. The molecule has 0 saturated carbocycles. The number of hydrogen-bond acceptors (Lipinski definition) is 3. The fourth-order valence-corrected chi connectivity index (χ4v) is 2.32. The second-order valence-corrected chi connectivity index (χ2v) is 6.01. The molecule has 0 spiro atoms. The molecular weight excluding hydrogens is 348 g/mol. The third-order valence-electron chi connectivity index (χ3n) is 3.78. The highest BCUT2D eigenvalue weighted by atomic mass is 16.5. The van der Waals surface area contributed by atoms with E-state index in [-0.39, 0.29) is 5.78 Å². The number of rotatable bonds is 9. The van der Waals surface area contributed by atoms with E-state index in [9.17, 15) is 4.79 Å². The molecule has 0 aliphatic carbocycles. The minimum absolute atomic E-state index is 0.0547. The van der Waals surface area contributed by atoms with Crippen LogP contribution >= 0.6 is 0 Å². The molecule has 2 aromatic rings. The first-order valence-electron chi connectivity index (χ1n) is 8.89. The topological polar surface area (TPSA) is 35.5 Å². The molecule has 0 aromatic heterocycles. The summed E-state index contributed by atoms with van der Waals surface area (Å²) >= 11 is 0. The van der Waals surface area contributed by atoms with Crippen LogP contribution in [0, 0.1) is 0 Å². The van der Waals surface area contributed by atoms with E-state index in [0.717, 1.165) is 5.75 Å². The maximum atomic E-state index is 12.6. The first kappa shape index (κ1) is 20.7. The van der Waals surface area contributed by atoms with Crippen molar-refractivity contribution in [2.45, 2.75) is 13.8 Å². The van der Waals surface area contributed by atoms with Gasteiger partial charge >= 0.3 is 0 Å². The number of ketones is 1. The molecule has 2 aromatic carbocycles. The lowest BCUT2D eigenvalue weighted by Crippen LogP contribution is -2.01. The number of carbonyl (C=O) groups excluding carboxylic acids is 1. The standard InChI is InChI=1S/C25H24O3/c1-5-10-22(6-2)28-24-17-15-21(16-18-24)25(26)19(3)13-14-20(4)27-23-11-8-7-9-12-23/h5-18H,1-2H2,3-4H3/b19-13+,20-14+,22-10+. The third-order valence-corrected chi connectivity index (χ3v) is 3.78. The first-order valence-corrected chi connectivity index (χ1v) is 8.89. The molecule has 0 saturated heterocycles. The molecule has 0 aliphatic rings. The molecule has 0 radical (unpaired) electrons. The van der Waals surface area contributed by atoms with Crippen LogP contribution in [0.25, 0.3) is 0 Å². The van der Waals surface area contributed by atoms with Gasteiger partial charge in [0.1, 0.15) is 23.0 Å². The van der Waals surface area contributed by atoms with Crippen LogP contribution in [-0.2, 0) is 0 Å². The molecule has 0 amide bonds. The maximum Gasteiger partial charge on any atom is 0.188 e. The molecule has 2 rings (SSSR count). The van der Waals surface area contributed by atoms with E-state index in [1.165, 1.54) is 0 Å². The third kappa shape index (κ3) is 6.29. The van der Waals surface area contributed by atoms with Gasteiger partial charge in [-0.2, -0.15) is 0 Å². The highest BCUT2D eigenvalue weighted by Gasteiger charge is 2.08. The van der Waals surface area contributed by atoms with Gasteiger partial charge in [-0.3, -0.25) is 4.79 Å². The predicted octanol–water partition coefficient (Wildman–Crippen LogP) is 6.43. The molecule has 0 heterocycles. The number of carbonyl (C=O) groups is 1. The van der Waals surface area contributed by atoms with Crippen LogP contribution in [0.1, 0.15) is 24.2 Å². The van der Waals surface area contributed by atoms with Crippen LogP contribution in [0.15, 0.2) is 115 Å². The van der Waals surface area contributed by atoms with E-state index in [2.05, 4.69) is 13.2 Å². The van der Waals surface area contributed by atoms with E-state index in [0.29, 0.717) is 28.4 Å². The summed E-state index contributed by atoms with van der Waals surface area (Å²) < 4.78 is 11.4. The van der Waals surface area contributed by atoms with Crippen LogP contribution in [0.2, 0.25) is 0 Å². The number of para-hydroxylation sites is 1. The fraction of sp³-hybridized carbons (Fsp3) is 0.0800. The van der Waals surface area contributed by atoms with E-state index < -0.39 is 0 Å². The molecule has 0 atom stereocenters. The minimum atomic E-state index is -0.0547. The largest absolute Gasteiger partial charge is 0.462 e. The lowest BCUT2D eigenvalue weighted by Gasteiger charge is -2.07. The summed E-state index contributed by atoms with van der Waals surface area (Å²) in [5, 5.41) is 0. The van der Waals surface area contributed by atoms with Crippen molar-refractivity contribution < 1.29 is 14.3 Å². The van der Waals surface area contributed by atoms with Gasteiger partial charge in [-0.1, -0.05) is 43.5 Å². The van der Waals surface area contributed by atoms with Gasteiger partial charge in [-0.15, -0.1) is 0 Å². The van der Waals surface area contributed by atoms with Crippen molar-refractivity contribution >= 4 is 5.78 Å². The molecule has 0 N–H and O–H groups in total. The molecule has 0 aliphatic heterocycles. The van der Waals surface area contributed by atoms with Crippen molar-refractivity contribution in [2.24, 2.45) is 0 Å². The van der Waals surface area contributed by atoms with Gasteiger partial charge in [0.05, 0.1) is 0 Å². The molecule has 3 nitrogen and oxygen atoms in total. The average molecular weight is 372 g/mol. The Labute approximate surface area is 166 Å². The Morgan fingerprint density at radius 3 is 2.07 bits per heavy atom. The highest BCUT2D eigenvalue weighted by molar-refractivity contribution is 6.08. The Kier molecular flexibility index (Phi) is 7.79. The van der Waals surface area contributed by atoms with Gasteiger partial charge in [-0.25, -0.2) is 0 Å². The van der Waals surface area contributed by atoms with Crippen LogP contribution in [0.4, 0.5) is 0 Å². The van der Waals surface area contributed by atoms with Gasteiger partial charge < -0.3 is 9.47 Å². The first-order chi connectivity index (χ1) is 13.5. The van der Waals surface area contributed by atoms with Gasteiger partial charge in [-0.05, 0) is 74.0 Å². The summed E-state index contributed by atoms with van der Waals surface area (Å²) in [7, 11) is 0. The quantitative estimate of drug-likeness (QED) is 0.220. The summed E-state index contributed by atoms with van der Waals surface area (Å²) in [4.78, 5) is 12.6. The Morgan fingerprint density at radius 1 is 0.821 bits per heavy atom. The second kappa shape index (κ2) is 10.5. The highest BCUT2D eigenvalue weighted by Crippen LogP contribution is 2.18. The van der Waals surface area contributed by atoms with Crippen molar-refractivity contribution in [1.82, 2.24) is 0 Å². The zero-order valence-electron chi connectivity index (χ0n) is 16.2. The summed E-state index contributed by atoms with van der Waals surface area (Å²) in [6.07, 6.45) is 8.48. The molecule has 3 heteroatoms. The summed E-state index contributed by atoms with van der Waals surface area (Å²) in [5.41, 5.74) is 1.20. The smallest absolute Gasteiger partial charge is 0.188 e. The zero-order valence-corrected chi connectivity index (χ0v) is 16.2. The summed E-state index contributed by atoms with van der Waals surface area (Å²) in [6.45, 7) is 10.9. The number of hydrogen-bond donors (Lipinski definition) is 0. The van der Waals surface area contributed by atoms with E-state index in [4.69, 9.17) is 9.47 Å². The number of allylic oxidation sites excluding steroid dienone is 7. The second-order valence-electron chi connectivity index (χ2n) is 6.01. The Morgan fingerprint density at radius 2 is 1.46 bits per heavy atom. The molecule has 0 unspecified atom stereocenters. The molecule has 0 fully saturated rings. The zero-order chi connectivity index (χ0) is 20.4. The lowest BCUT2D eigenvalue weighted by atomic mass is 10.0. The van der Waals surface area contributed by atoms with Crippen LogP contribution in [0.3, 0.4) is 0 Å². The van der Waals surface area contributed by atoms with Crippen molar-refractivity contribution in [3.05, 3.63) is 121 Å². The molecular formula is C25H24O3. The van der Waals surface area contributed by atoms with Crippen LogP contribution in [0.5, 0.6) is 11.5 Å². The summed E-state index contributed by atoms with van der Waals surface area (Å²) in [6, 6.07) is 16.5. The Balaban J connectivity index is 2.04. The maximum absolute atomic E-state index is 12.6. The number of benzene rings is 2. The van der Waals surface area contributed by atoms with Crippen LogP contribution in [-0.4, -0.2) is 5.78 Å². The normalized spacial score (nSPS) is 12.3. The predicted molar refractivity (Wildman–Crippen MR) is 114 cm³/mol. The van der Waals surface area contributed by atoms with E-state index in [1.54, 1.807) is 61.6 Å². The van der Waals surface area contributed by atoms with Crippen molar-refractivity contribution in [2.75, 3.05) is 0 Å². The van der Waals surface area contributed by atoms with Gasteiger partial charge in [0.15, 0.2) is 5.78 Å². The average Bonchev–Trinajstić information content (AvgIpc) is 2.72. The minimum Gasteiger partial charge on any atom is -0.462 e. The van der Waals surface area contributed by atoms with E-state index in [1.807, 2.05) is 37.3 Å². The Hall–Kier alpha value is -3.59. The van der Waals surface area contributed by atoms with Crippen LogP contribution < -0.4 is 9.47 Å². The SMILES string of the molecule is C=C/C=C(\C=C)Oc1ccc(C(=O)/C(C)=C/C=C(\C)Oc2ccccc2)cc1. The number of ether oxygens (including phenoxy) is 2. The number of Topliss-reactive ketones (excluding diaryl/α,β-unsaturated/α-hetero) is 1. The van der Waals surface area contributed by atoms with Crippen molar-refractivity contribution in [3.8, 4) is 11.5 Å². The molecule has 142 valence electrons. The molecule has 0 bridgehead atoms. The van der Waals surface area contributed by atoms with Crippen molar-refractivity contribution in [1.29, 1.82) is 0 Å².